The molecular formula is C10H18O. The first-order valence-electron chi connectivity index (χ1n) is 4.03. The zero-order chi connectivity index (χ0) is 9.07. The first kappa shape index (κ1) is 10.5. The minimum atomic E-state index is -0.509. The monoisotopic (exact) mass is 154 g/mol. The van der Waals surface area contributed by atoms with Crippen molar-refractivity contribution in [3.63, 3.8) is 0 Å². The summed E-state index contributed by atoms with van der Waals surface area (Å²) in [5, 5.41) is 9.46. The van der Waals surface area contributed by atoms with Gasteiger partial charge < -0.3 is 5.11 Å². The highest BCUT2D eigenvalue weighted by molar-refractivity contribution is 5.09. The minimum absolute atomic E-state index is 0.123. The molecule has 1 nitrogen and oxygen atoms in total. The lowest BCUT2D eigenvalue weighted by Crippen LogP contribution is -2.24. The van der Waals surface area contributed by atoms with Crippen LogP contribution in [0.15, 0.2) is 0 Å². The first-order valence-corrected chi connectivity index (χ1v) is 4.03. The molecule has 0 aliphatic heterocycles. The molecule has 1 unspecified atom stereocenters. The molecule has 0 aromatic rings. The number of aliphatic hydroxyl groups excluding tert-OH is 1. The standard InChI is InChI=1S/C10H18O/c1-8(2)6-7-9(11)10(3,4)5/h8-9,11H,1-5H3. The van der Waals surface area contributed by atoms with Gasteiger partial charge in [-0.2, -0.15) is 0 Å². The molecule has 0 heterocycles. The Bertz CT molecular complexity index is 164. The van der Waals surface area contributed by atoms with Gasteiger partial charge in [0, 0.05) is 5.92 Å². The van der Waals surface area contributed by atoms with Crippen LogP contribution in [0.25, 0.3) is 0 Å². The Morgan fingerprint density at radius 2 is 1.55 bits per heavy atom. The van der Waals surface area contributed by atoms with Gasteiger partial charge in [0.15, 0.2) is 0 Å². The predicted octanol–water partition coefficient (Wildman–Crippen LogP) is 2.05. The van der Waals surface area contributed by atoms with E-state index in [1.807, 2.05) is 34.6 Å². The molecule has 0 fully saturated rings. The van der Waals surface area contributed by atoms with Gasteiger partial charge in [-0.05, 0) is 5.41 Å². The van der Waals surface area contributed by atoms with E-state index >= 15 is 0 Å². The van der Waals surface area contributed by atoms with E-state index in [9.17, 15) is 5.11 Å². The molecule has 0 saturated carbocycles. The van der Waals surface area contributed by atoms with E-state index in [0.717, 1.165) is 0 Å². The van der Waals surface area contributed by atoms with Gasteiger partial charge in [0.1, 0.15) is 6.10 Å². The molecule has 0 aliphatic rings. The van der Waals surface area contributed by atoms with E-state index in [-0.39, 0.29) is 5.41 Å². The third-order valence-electron chi connectivity index (χ3n) is 1.33. The van der Waals surface area contributed by atoms with Gasteiger partial charge in [-0.3, -0.25) is 0 Å². The normalized spacial score (nSPS) is 14.1. The van der Waals surface area contributed by atoms with E-state index < -0.39 is 6.10 Å². The van der Waals surface area contributed by atoms with Crippen molar-refractivity contribution in [2.75, 3.05) is 0 Å². The molecule has 11 heavy (non-hydrogen) atoms. The van der Waals surface area contributed by atoms with Gasteiger partial charge in [0.2, 0.25) is 0 Å². The van der Waals surface area contributed by atoms with Crippen molar-refractivity contribution in [2.24, 2.45) is 11.3 Å². The maximum Gasteiger partial charge on any atom is 0.119 e. The second-order valence-electron chi connectivity index (χ2n) is 4.21. The zero-order valence-corrected chi connectivity index (χ0v) is 8.10. The molecule has 0 aliphatic carbocycles. The molecule has 1 atom stereocenters. The second kappa shape index (κ2) is 3.78. The van der Waals surface area contributed by atoms with E-state index in [1.165, 1.54) is 0 Å². The molecule has 0 saturated heterocycles. The largest absolute Gasteiger partial charge is 0.380 e. The molecule has 0 radical (unpaired) electrons. The quantitative estimate of drug-likeness (QED) is 0.529. The van der Waals surface area contributed by atoms with Crippen LogP contribution < -0.4 is 0 Å². The highest BCUT2D eigenvalue weighted by Crippen LogP contribution is 2.17. The van der Waals surface area contributed by atoms with E-state index in [1.54, 1.807) is 0 Å². The van der Waals surface area contributed by atoms with Crippen LogP contribution >= 0.6 is 0 Å². The highest BCUT2D eigenvalue weighted by atomic mass is 16.3. The van der Waals surface area contributed by atoms with Crippen molar-refractivity contribution in [3.05, 3.63) is 0 Å². The maximum atomic E-state index is 9.46. The van der Waals surface area contributed by atoms with Crippen LogP contribution in [0.4, 0.5) is 0 Å². The van der Waals surface area contributed by atoms with Crippen LogP contribution in [0, 0.1) is 23.2 Å². The third kappa shape index (κ3) is 4.86. The fourth-order valence-electron chi connectivity index (χ4n) is 0.462. The Balaban J connectivity index is 4.10. The van der Waals surface area contributed by atoms with Gasteiger partial charge in [-0.1, -0.05) is 46.5 Å². The van der Waals surface area contributed by atoms with Gasteiger partial charge in [-0.25, -0.2) is 0 Å². The predicted molar refractivity (Wildman–Crippen MR) is 48.1 cm³/mol. The van der Waals surface area contributed by atoms with E-state index in [2.05, 4.69) is 11.8 Å². The summed E-state index contributed by atoms with van der Waals surface area (Å²) in [6.45, 7) is 9.97. The number of aliphatic hydroxyl groups is 1. The number of rotatable bonds is 0. The molecule has 0 amide bonds. The second-order valence-corrected chi connectivity index (χ2v) is 4.21. The van der Waals surface area contributed by atoms with Crippen LogP contribution in [-0.2, 0) is 0 Å². The molecule has 1 N–H and O–H groups in total. The van der Waals surface area contributed by atoms with Gasteiger partial charge >= 0.3 is 0 Å². The summed E-state index contributed by atoms with van der Waals surface area (Å²) in [6.07, 6.45) is -0.509. The van der Waals surface area contributed by atoms with Crippen molar-refractivity contribution in [3.8, 4) is 11.8 Å². The molecule has 64 valence electrons. The van der Waals surface area contributed by atoms with Gasteiger partial charge in [0.05, 0.1) is 0 Å². The maximum absolute atomic E-state index is 9.46. The summed E-state index contributed by atoms with van der Waals surface area (Å²) < 4.78 is 0. The molecule has 0 aromatic carbocycles. The molecule has 1 heteroatoms. The fourth-order valence-corrected chi connectivity index (χ4v) is 0.462. The Morgan fingerprint density at radius 3 is 1.82 bits per heavy atom. The lowest BCUT2D eigenvalue weighted by Gasteiger charge is -2.20. The fraction of sp³-hybridized carbons (Fsp3) is 0.800. The van der Waals surface area contributed by atoms with Crippen molar-refractivity contribution >= 4 is 0 Å². The number of hydrogen-bond acceptors (Lipinski definition) is 1. The summed E-state index contributed by atoms with van der Waals surface area (Å²) in [6, 6.07) is 0. The van der Waals surface area contributed by atoms with Crippen LogP contribution in [0.5, 0.6) is 0 Å². The van der Waals surface area contributed by atoms with Crippen molar-refractivity contribution < 1.29 is 5.11 Å². The smallest absolute Gasteiger partial charge is 0.119 e. The topological polar surface area (TPSA) is 20.2 Å². The first-order chi connectivity index (χ1) is 4.84. The van der Waals surface area contributed by atoms with Gasteiger partial charge in [0.25, 0.3) is 0 Å². The average molecular weight is 154 g/mol. The summed E-state index contributed by atoms with van der Waals surface area (Å²) in [5.41, 5.74) is -0.123. The Kier molecular flexibility index (Phi) is 3.62. The average Bonchev–Trinajstić information content (AvgIpc) is 1.80. The van der Waals surface area contributed by atoms with E-state index in [0.29, 0.717) is 5.92 Å². The summed E-state index contributed by atoms with van der Waals surface area (Å²) >= 11 is 0. The Labute approximate surface area is 69.8 Å². The SMILES string of the molecule is CC(C)C#CC(O)C(C)(C)C. The molecular weight excluding hydrogens is 136 g/mol. The summed E-state index contributed by atoms with van der Waals surface area (Å²) in [7, 11) is 0. The van der Waals surface area contributed by atoms with Crippen molar-refractivity contribution in [2.45, 2.75) is 40.7 Å². The van der Waals surface area contributed by atoms with Crippen LogP contribution in [0.3, 0.4) is 0 Å². The Morgan fingerprint density at radius 1 is 1.09 bits per heavy atom. The lowest BCUT2D eigenvalue weighted by atomic mass is 9.89. The molecule has 0 aromatic heterocycles. The van der Waals surface area contributed by atoms with Crippen molar-refractivity contribution in [1.29, 1.82) is 0 Å². The number of hydrogen-bond donors (Lipinski definition) is 1. The van der Waals surface area contributed by atoms with Crippen LogP contribution in [0.1, 0.15) is 34.6 Å². The third-order valence-corrected chi connectivity index (χ3v) is 1.33. The lowest BCUT2D eigenvalue weighted by molar-refractivity contribution is 0.114. The zero-order valence-electron chi connectivity index (χ0n) is 8.10. The van der Waals surface area contributed by atoms with E-state index in [4.69, 9.17) is 0 Å². The van der Waals surface area contributed by atoms with Crippen LogP contribution in [0.2, 0.25) is 0 Å². The molecule has 0 rings (SSSR count). The molecule has 0 bridgehead atoms. The summed E-state index contributed by atoms with van der Waals surface area (Å²) in [4.78, 5) is 0. The van der Waals surface area contributed by atoms with Gasteiger partial charge in [-0.15, -0.1) is 0 Å². The minimum Gasteiger partial charge on any atom is -0.380 e. The van der Waals surface area contributed by atoms with Crippen LogP contribution in [-0.4, -0.2) is 11.2 Å². The Hall–Kier alpha value is -0.480. The highest BCUT2D eigenvalue weighted by Gasteiger charge is 2.19. The van der Waals surface area contributed by atoms with Crippen molar-refractivity contribution in [1.82, 2.24) is 0 Å². The summed E-state index contributed by atoms with van der Waals surface area (Å²) in [5.74, 6) is 6.12. The molecule has 0 spiro atoms.